The summed E-state index contributed by atoms with van der Waals surface area (Å²) in [6, 6.07) is 0. The van der Waals surface area contributed by atoms with E-state index in [2.05, 4.69) is 10.6 Å². The monoisotopic (exact) mass is 396 g/mol. The molecular weight excluding hydrogens is 370 g/mol. The second kappa shape index (κ2) is 9.29. The Morgan fingerprint density at radius 1 is 1.15 bits per heavy atom. The average Bonchev–Trinajstić information content (AvgIpc) is 3.05. The van der Waals surface area contributed by atoms with Crippen molar-refractivity contribution >= 4 is 34.1 Å². The molecule has 1 aliphatic carbocycles. The van der Waals surface area contributed by atoms with Crippen molar-refractivity contribution in [2.75, 3.05) is 51.8 Å². The zero-order chi connectivity index (χ0) is 19.2. The molecule has 2 aliphatic rings. The molecule has 148 valence electrons. The van der Waals surface area contributed by atoms with Crippen LogP contribution in [0.1, 0.15) is 33.6 Å². The third kappa shape index (κ3) is 4.85. The predicted molar refractivity (Wildman–Crippen MR) is 100 cm³/mol. The number of aryl methyl sites for hydroxylation is 1. The van der Waals surface area contributed by atoms with E-state index in [9.17, 15) is 14.4 Å². The highest BCUT2D eigenvalue weighted by molar-refractivity contribution is 7.17. The highest BCUT2D eigenvalue weighted by Crippen LogP contribution is 2.38. The number of anilines is 1. The molecule has 0 radical (unpaired) electrons. The smallest absolute Gasteiger partial charge is 0.341 e. The van der Waals surface area contributed by atoms with Crippen molar-refractivity contribution in [1.29, 1.82) is 0 Å². The van der Waals surface area contributed by atoms with Gasteiger partial charge in [-0.1, -0.05) is 0 Å². The number of quaternary nitrogens is 1. The summed E-state index contributed by atoms with van der Waals surface area (Å²) in [5.41, 5.74) is 1.35. The lowest BCUT2D eigenvalue weighted by Crippen LogP contribution is -3.14. The number of ether oxygens (including phenoxy) is 2. The Bertz CT molecular complexity index is 712. The summed E-state index contributed by atoms with van der Waals surface area (Å²) in [6.07, 6.45) is 3.74. The Hall–Kier alpha value is -1.97. The standard InChI is InChI=1S/C18H25N3O5S/c1-25-18(24)14-12-4-2-3-5-13(12)27-17(14)20-16(23)15(22)19-6-7-21-8-10-26-11-9-21/h2-11H2,1H3,(H,19,22)(H,20,23)/p+1. The number of carbonyl (C=O) groups excluding carboxylic acids is 3. The van der Waals surface area contributed by atoms with Gasteiger partial charge in [0.1, 0.15) is 18.1 Å². The summed E-state index contributed by atoms with van der Waals surface area (Å²) in [5, 5.41) is 5.67. The minimum Gasteiger partial charge on any atom is -0.465 e. The van der Waals surface area contributed by atoms with Crippen molar-refractivity contribution in [3.63, 3.8) is 0 Å². The van der Waals surface area contributed by atoms with Crippen molar-refractivity contribution in [3.05, 3.63) is 16.0 Å². The van der Waals surface area contributed by atoms with Crippen LogP contribution >= 0.6 is 11.3 Å². The highest BCUT2D eigenvalue weighted by atomic mass is 32.1. The fourth-order valence-corrected chi connectivity index (χ4v) is 4.75. The number of rotatable bonds is 5. The first kappa shape index (κ1) is 19.8. The number of nitrogens with one attached hydrogen (secondary N) is 3. The molecule has 3 N–H and O–H groups in total. The SMILES string of the molecule is COC(=O)c1c(NC(=O)C(=O)NCC[NH+]2CCOCC2)sc2c1CCCC2. The lowest BCUT2D eigenvalue weighted by atomic mass is 9.95. The van der Waals surface area contributed by atoms with E-state index in [0.717, 1.165) is 69.0 Å². The minimum absolute atomic E-state index is 0.399. The first-order valence-electron chi connectivity index (χ1n) is 9.33. The van der Waals surface area contributed by atoms with Gasteiger partial charge in [-0.25, -0.2) is 4.79 Å². The topological polar surface area (TPSA) is 98.2 Å². The Morgan fingerprint density at radius 3 is 2.63 bits per heavy atom. The maximum absolute atomic E-state index is 12.3. The molecule has 0 atom stereocenters. The van der Waals surface area contributed by atoms with Gasteiger partial charge in [-0.2, -0.15) is 0 Å². The second-order valence-electron chi connectivity index (χ2n) is 6.73. The Balaban J connectivity index is 1.58. The van der Waals surface area contributed by atoms with Crippen molar-refractivity contribution in [2.45, 2.75) is 25.7 Å². The number of hydrogen-bond acceptors (Lipinski definition) is 6. The van der Waals surface area contributed by atoms with Gasteiger partial charge in [0.25, 0.3) is 0 Å². The molecule has 3 rings (SSSR count). The van der Waals surface area contributed by atoms with Gasteiger partial charge in [-0.15, -0.1) is 11.3 Å². The number of fused-ring (bicyclic) bond motifs is 1. The van der Waals surface area contributed by atoms with E-state index in [1.165, 1.54) is 23.3 Å². The minimum atomic E-state index is -0.754. The molecule has 0 saturated carbocycles. The van der Waals surface area contributed by atoms with Crippen LogP contribution in [0.2, 0.25) is 0 Å². The summed E-state index contributed by atoms with van der Waals surface area (Å²) in [4.78, 5) is 39.0. The Kier molecular flexibility index (Phi) is 6.81. The summed E-state index contributed by atoms with van der Waals surface area (Å²) < 4.78 is 10.2. The van der Waals surface area contributed by atoms with E-state index in [-0.39, 0.29) is 0 Å². The molecule has 1 saturated heterocycles. The summed E-state index contributed by atoms with van der Waals surface area (Å²) in [5.74, 6) is -1.92. The van der Waals surface area contributed by atoms with Gasteiger partial charge < -0.3 is 25.0 Å². The van der Waals surface area contributed by atoms with Crippen LogP contribution < -0.4 is 15.5 Å². The molecule has 0 bridgehead atoms. The fourth-order valence-electron chi connectivity index (χ4n) is 3.47. The molecule has 2 amide bonds. The maximum Gasteiger partial charge on any atom is 0.341 e. The third-order valence-corrected chi connectivity index (χ3v) is 6.17. The summed E-state index contributed by atoms with van der Waals surface area (Å²) in [7, 11) is 1.32. The van der Waals surface area contributed by atoms with E-state index in [1.807, 2.05) is 0 Å². The van der Waals surface area contributed by atoms with Crippen LogP contribution in [0.4, 0.5) is 5.00 Å². The third-order valence-electron chi connectivity index (χ3n) is 4.96. The van der Waals surface area contributed by atoms with Gasteiger partial charge in [0.05, 0.1) is 39.0 Å². The molecule has 0 spiro atoms. The molecule has 1 aromatic heterocycles. The van der Waals surface area contributed by atoms with Crippen LogP contribution in [0.15, 0.2) is 0 Å². The number of hydrogen-bond donors (Lipinski definition) is 3. The molecule has 8 nitrogen and oxygen atoms in total. The molecule has 0 unspecified atom stereocenters. The van der Waals surface area contributed by atoms with Gasteiger partial charge in [0.2, 0.25) is 0 Å². The largest absolute Gasteiger partial charge is 0.465 e. The van der Waals surface area contributed by atoms with Gasteiger partial charge in [0, 0.05) is 4.88 Å². The Labute approximate surface area is 162 Å². The second-order valence-corrected chi connectivity index (χ2v) is 7.83. The molecule has 0 aromatic carbocycles. The van der Waals surface area contributed by atoms with Crippen LogP contribution in [-0.4, -0.2) is 64.3 Å². The average molecular weight is 396 g/mol. The lowest BCUT2D eigenvalue weighted by molar-refractivity contribution is -0.906. The lowest BCUT2D eigenvalue weighted by Gasteiger charge is -2.23. The van der Waals surface area contributed by atoms with Crippen molar-refractivity contribution < 1.29 is 28.8 Å². The van der Waals surface area contributed by atoms with Crippen molar-refractivity contribution in [2.24, 2.45) is 0 Å². The summed E-state index contributed by atoms with van der Waals surface area (Å²) in [6.45, 7) is 4.44. The van der Waals surface area contributed by atoms with E-state index >= 15 is 0 Å². The number of morpholine rings is 1. The van der Waals surface area contributed by atoms with E-state index in [4.69, 9.17) is 9.47 Å². The van der Waals surface area contributed by atoms with Gasteiger partial charge >= 0.3 is 17.8 Å². The summed E-state index contributed by atoms with van der Waals surface area (Å²) >= 11 is 1.37. The number of thiophene rings is 1. The Morgan fingerprint density at radius 2 is 1.89 bits per heavy atom. The number of amides is 2. The van der Waals surface area contributed by atoms with Crippen molar-refractivity contribution in [3.8, 4) is 0 Å². The van der Waals surface area contributed by atoms with E-state index in [1.54, 1.807) is 0 Å². The molecule has 1 aliphatic heterocycles. The molecule has 9 heteroatoms. The zero-order valence-electron chi connectivity index (χ0n) is 15.5. The van der Waals surface area contributed by atoms with Crippen LogP contribution in [-0.2, 0) is 31.9 Å². The van der Waals surface area contributed by atoms with Crippen LogP contribution in [0.3, 0.4) is 0 Å². The van der Waals surface area contributed by atoms with E-state index < -0.39 is 17.8 Å². The maximum atomic E-state index is 12.3. The van der Waals surface area contributed by atoms with Crippen LogP contribution in [0.5, 0.6) is 0 Å². The van der Waals surface area contributed by atoms with Gasteiger partial charge in [-0.05, 0) is 31.2 Å². The zero-order valence-corrected chi connectivity index (χ0v) is 16.3. The van der Waals surface area contributed by atoms with E-state index in [0.29, 0.717) is 17.1 Å². The predicted octanol–water partition coefficient (Wildman–Crippen LogP) is -0.617. The quantitative estimate of drug-likeness (QED) is 0.455. The van der Waals surface area contributed by atoms with Crippen LogP contribution in [0.25, 0.3) is 0 Å². The van der Waals surface area contributed by atoms with Gasteiger partial charge in [0.15, 0.2) is 0 Å². The first-order valence-corrected chi connectivity index (χ1v) is 10.1. The first-order chi connectivity index (χ1) is 13.1. The van der Waals surface area contributed by atoms with Crippen molar-refractivity contribution in [1.82, 2.24) is 5.32 Å². The molecule has 1 fully saturated rings. The number of methoxy groups -OCH3 is 1. The van der Waals surface area contributed by atoms with Gasteiger partial charge in [-0.3, -0.25) is 9.59 Å². The normalized spacial score (nSPS) is 17.1. The highest BCUT2D eigenvalue weighted by Gasteiger charge is 2.28. The fraction of sp³-hybridized carbons (Fsp3) is 0.611. The molecule has 2 heterocycles. The van der Waals surface area contributed by atoms with Crippen LogP contribution in [0, 0.1) is 0 Å². The molecule has 1 aromatic rings. The number of esters is 1. The molecule has 27 heavy (non-hydrogen) atoms. The molecular formula is C18H26N3O5S+. The number of carbonyl (C=O) groups is 3.